The molecule has 2 aromatic rings. The fourth-order valence-electron chi connectivity index (χ4n) is 2.89. The van der Waals surface area contributed by atoms with Crippen molar-refractivity contribution in [2.24, 2.45) is 0 Å². The fraction of sp³-hybridized carbons (Fsp3) is 0.438. The molecule has 0 bridgehead atoms. The predicted molar refractivity (Wildman–Crippen MR) is 87.2 cm³/mol. The van der Waals surface area contributed by atoms with Crippen LogP contribution < -0.4 is 11.0 Å². The van der Waals surface area contributed by atoms with Gasteiger partial charge in [0, 0.05) is 25.2 Å². The summed E-state index contributed by atoms with van der Waals surface area (Å²) in [5.74, 6) is 0.585. The van der Waals surface area contributed by atoms with Crippen LogP contribution in [0.1, 0.15) is 25.8 Å². The number of nitrogens with one attached hydrogen (secondary N) is 2. The Hall–Kier alpha value is -2.57. The SMILES string of the molecule is CCNC(=O)N1CCC(n2nc(-c3ccccc3)[nH]c2=O)CC1. The Balaban J connectivity index is 1.71. The van der Waals surface area contributed by atoms with Crippen molar-refractivity contribution in [2.75, 3.05) is 19.6 Å². The number of hydrogen-bond acceptors (Lipinski definition) is 3. The second-order valence-electron chi connectivity index (χ2n) is 5.64. The predicted octanol–water partition coefficient (Wildman–Crippen LogP) is 1.60. The summed E-state index contributed by atoms with van der Waals surface area (Å²) in [6, 6.07) is 9.58. The second kappa shape index (κ2) is 6.68. The molecule has 0 aliphatic carbocycles. The molecule has 0 saturated carbocycles. The van der Waals surface area contributed by atoms with E-state index in [1.165, 1.54) is 4.68 Å². The molecule has 0 spiro atoms. The van der Waals surface area contributed by atoms with Crippen molar-refractivity contribution >= 4 is 6.03 Å². The second-order valence-corrected chi connectivity index (χ2v) is 5.64. The number of aromatic amines is 1. The van der Waals surface area contributed by atoms with E-state index in [1.807, 2.05) is 37.3 Å². The number of carbonyl (C=O) groups is 1. The van der Waals surface area contributed by atoms with Gasteiger partial charge in [-0.05, 0) is 19.8 Å². The van der Waals surface area contributed by atoms with Crippen LogP contribution in [-0.2, 0) is 0 Å². The van der Waals surface area contributed by atoms with Gasteiger partial charge < -0.3 is 10.2 Å². The highest BCUT2D eigenvalue weighted by Crippen LogP contribution is 2.21. The maximum absolute atomic E-state index is 12.2. The maximum Gasteiger partial charge on any atom is 0.343 e. The molecule has 7 heteroatoms. The molecule has 1 aliphatic heterocycles. The number of urea groups is 1. The summed E-state index contributed by atoms with van der Waals surface area (Å²) < 4.78 is 1.53. The number of hydrogen-bond donors (Lipinski definition) is 2. The number of rotatable bonds is 3. The van der Waals surface area contributed by atoms with E-state index in [2.05, 4.69) is 15.4 Å². The van der Waals surface area contributed by atoms with Gasteiger partial charge in [0.25, 0.3) is 0 Å². The maximum atomic E-state index is 12.2. The lowest BCUT2D eigenvalue weighted by Gasteiger charge is -2.31. The Morgan fingerprint density at radius 1 is 1.30 bits per heavy atom. The van der Waals surface area contributed by atoms with E-state index < -0.39 is 0 Å². The summed E-state index contributed by atoms with van der Waals surface area (Å²) in [6.45, 7) is 3.80. The zero-order valence-electron chi connectivity index (χ0n) is 13.2. The van der Waals surface area contributed by atoms with Crippen molar-refractivity contribution < 1.29 is 4.79 Å². The van der Waals surface area contributed by atoms with Crippen LogP contribution in [0, 0.1) is 0 Å². The number of piperidine rings is 1. The summed E-state index contributed by atoms with van der Waals surface area (Å²) >= 11 is 0. The first kappa shape index (κ1) is 15.3. The normalized spacial score (nSPS) is 15.6. The molecule has 0 atom stereocenters. The molecular weight excluding hydrogens is 294 g/mol. The quantitative estimate of drug-likeness (QED) is 0.902. The molecule has 1 fully saturated rings. The van der Waals surface area contributed by atoms with Crippen LogP contribution in [0.3, 0.4) is 0 Å². The summed E-state index contributed by atoms with van der Waals surface area (Å²) in [6.07, 6.45) is 1.46. The Bertz CT molecular complexity index is 714. The van der Waals surface area contributed by atoms with Gasteiger partial charge in [0.2, 0.25) is 0 Å². The molecule has 1 saturated heterocycles. The molecule has 23 heavy (non-hydrogen) atoms. The number of H-pyrrole nitrogens is 1. The van der Waals surface area contributed by atoms with Gasteiger partial charge in [-0.2, -0.15) is 0 Å². The molecule has 1 aliphatic rings. The smallest absolute Gasteiger partial charge is 0.338 e. The van der Waals surface area contributed by atoms with E-state index in [0.717, 1.165) is 18.4 Å². The van der Waals surface area contributed by atoms with Crippen LogP contribution in [0.2, 0.25) is 0 Å². The minimum absolute atomic E-state index is 0.0295. The fourth-order valence-corrected chi connectivity index (χ4v) is 2.89. The van der Waals surface area contributed by atoms with Gasteiger partial charge in [0.1, 0.15) is 0 Å². The third-order valence-corrected chi connectivity index (χ3v) is 4.11. The molecule has 2 N–H and O–H groups in total. The first-order valence-corrected chi connectivity index (χ1v) is 7.96. The molecule has 0 unspecified atom stereocenters. The molecule has 2 heterocycles. The van der Waals surface area contributed by atoms with Crippen molar-refractivity contribution in [1.29, 1.82) is 0 Å². The monoisotopic (exact) mass is 315 g/mol. The summed E-state index contributed by atoms with van der Waals surface area (Å²) in [5, 5.41) is 7.24. The Morgan fingerprint density at radius 3 is 2.65 bits per heavy atom. The number of aromatic nitrogens is 3. The van der Waals surface area contributed by atoms with Gasteiger partial charge in [-0.25, -0.2) is 14.3 Å². The van der Waals surface area contributed by atoms with E-state index in [4.69, 9.17) is 0 Å². The molecule has 122 valence electrons. The lowest BCUT2D eigenvalue weighted by molar-refractivity contribution is 0.168. The van der Waals surface area contributed by atoms with Crippen molar-refractivity contribution in [2.45, 2.75) is 25.8 Å². The minimum atomic E-state index is -0.194. The molecule has 1 aromatic carbocycles. The van der Waals surface area contributed by atoms with Crippen LogP contribution in [-0.4, -0.2) is 45.3 Å². The van der Waals surface area contributed by atoms with E-state index in [-0.39, 0.29) is 17.8 Å². The highest BCUT2D eigenvalue weighted by Gasteiger charge is 2.25. The van der Waals surface area contributed by atoms with Crippen molar-refractivity contribution in [3.8, 4) is 11.4 Å². The van der Waals surface area contributed by atoms with Crippen LogP contribution in [0.5, 0.6) is 0 Å². The van der Waals surface area contributed by atoms with Crippen LogP contribution >= 0.6 is 0 Å². The first-order valence-electron chi connectivity index (χ1n) is 7.96. The molecule has 3 rings (SSSR count). The van der Waals surface area contributed by atoms with E-state index in [9.17, 15) is 9.59 Å². The van der Waals surface area contributed by atoms with Gasteiger partial charge in [0.05, 0.1) is 6.04 Å². The molecule has 2 amide bonds. The molecule has 0 radical (unpaired) electrons. The molecular formula is C16H21N5O2. The van der Waals surface area contributed by atoms with Crippen LogP contribution in [0.25, 0.3) is 11.4 Å². The Kier molecular flexibility index (Phi) is 4.45. The Morgan fingerprint density at radius 2 is 2.00 bits per heavy atom. The highest BCUT2D eigenvalue weighted by molar-refractivity contribution is 5.74. The first-order chi connectivity index (χ1) is 11.2. The number of carbonyl (C=O) groups excluding carboxylic acids is 1. The van der Waals surface area contributed by atoms with Crippen LogP contribution in [0.15, 0.2) is 35.1 Å². The molecule has 7 nitrogen and oxygen atoms in total. The number of likely N-dealkylation sites (tertiary alicyclic amines) is 1. The lowest BCUT2D eigenvalue weighted by Crippen LogP contribution is -2.45. The topological polar surface area (TPSA) is 83.0 Å². The number of amides is 2. The van der Waals surface area contributed by atoms with Crippen molar-refractivity contribution in [3.05, 3.63) is 40.8 Å². The van der Waals surface area contributed by atoms with E-state index in [0.29, 0.717) is 25.5 Å². The average Bonchev–Trinajstić information content (AvgIpc) is 2.98. The van der Waals surface area contributed by atoms with Gasteiger partial charge in [-0.1, -0.05) is 30.3 Å². The highest BCUT2D eigenvalue weighted by atomic mass is 16.2. The zero-order chi connectivity index (χ0) is 16.2. The van der Waals surface area contributed by atoms with Crippen molar-refractivity contribution in [3.63, 3.8) is 0 Å². The van der Waals surface area contributed by atoms with Gasteiger partial charge >= 0.3 is 11.7 Å². The van der Waals surface area contributed by atoms with Crippen LogP contribution in [0.4, 0.5) is 4.79 Å². The minimum Gasteiger partial charge on any atom is -0.338 e. The average molecular weight is 315 g/mol. The third-order valence-electron chi connectivity index (χ3n) is 4.11. The lowest BCUT2D eigenvalue weighted by atomic mass is 10.1. The molecule has 1 aromatic heterocycles. The van der Waals surface area contributed by atoms with Gasteiger partial charge in [0.15, 0.2) is 5.82 Å². The standard InChI is InChI=1S/C16H21N5O2/c1-2-17-15(22)20-10-8-13(9-11-20)21-16(23)18-14(19-21)12-6-4-3-5-7-12/h3-7,13H,2,8-11H2,1H3,(H,17,22)(H,18,19,23). The largest absolute Gasteiger partial charge is 0.343 e. The third kappa shape index (κ3) is 3.28. The zero-order valence-corrected chi connectivity index (χ0v) is 13.2. The van der Waals surface area contributed by atoms with Crippen molar-refractivity contribution in [1.82, 2.24) is 25.0 Å². The Labute approximate surface area is 134 Å². The summed E-state index contributed by atoms with van der Waals surface area (Å²) in [4.78, 5) is 28.6. The van der Waals surface area contributed by atoms with Gasteiger partial charge in [-0.3, -0.25) is 4.98 Å². The number of benzene rings is 1. The summed E-state index contributed by atoms with van der Waals surface area (Å²) in [7, 11) is 0. The van der Waals surface area contributed by atoms with Gasteiger partial charge in [-0.15, -0.1) is 5.10 Å². The van der Waals surface area contributed by atoms with E-state index in [1.54, 1.807) is 4.90 Å². The number of nitrogens with zero attached hydrogens (tertiary/aromatic N) is 3. The van der Waals surface area contributed by atoms with E-state index >= 15 is 0 Å². The summed E-state index contributed by atoms with van der Waals surface area (Å²) in [5.41, 5.74) is 0.698.